The molecule has 0 radical (unpaired) electrons. The predicted octanol–water partition coefficient (Wildman–Crippen LogP) is 2.01. The molecule has 0 bridgehead atoms. The van der Waals surface area contributed by atoms with Crippen LogP contribution in [0.3, 0.4) is 0 Å². The first-order valence-corrected chi connectivity index (χ1v) is 7.80. The Morgan fingerprint density at radius 1 is 0.650 bits per heavy atom. The highest BCUT2D eigenvalue weighted by atomic mass is 16.5. The van der Waals surface area contributed by atoms with E-state index in [0.717, 1.165) is 32.3 Å². The van der Waals surface area contributed by atoms with Gasteiger partial charge in [-0.25, -0.2) is 0 Å². The van der Waals surface area contributed by atoms with E-state index in [1.54, 1.807) is 0 Å². The zero-order valence-electron chi connectivity index (χ0n) is 13.1. The Bertz CT molecular complexity index is 178. The van der Waals surface area contributed by atoms with Crippen LogP contribution >= 0.6 is 0 Å². The van der Waals surface area contributed by atoms with Gasteiger partial charge in [-0.2, -0.15) is 0 Å². The van der Waals surface area contributed by atoms with Crippen molar-refractivity contribution in [2.75, 3.05) is 52.9 Å². The minimum atomic E-state index is -0.552. The van der Waals surface area contributed by atoms with Gasteiger partial charge in [0.2, 0.25) is 0 Å². The molecule has 0 aromatic heterocycles. The Morgan fingerprint density at radius 3 is 1.60 bits per heavy atom. The molecule has 0 saturated carbocycles. The van der Waals surface area contributed by atoms with Gasteiger partial charge in [0, 0.05) is 13.2 Å². The molecule has 0 spiro atoms. The average Bonchev–Trinajstić information content (AvgIpc) is 2.45. The number of hydrogen-bond acceptors (Lipinski definition) is 5. The molecule has 20 heavy (non-hydrogen) atoms. The molecule has 122 valence electrons. The molecule has 0 heterocycles. The summed E-state index contributed by atoms with van der Waals surface area (Å²) in [4.78, 5) is 0. The zero-order valence-corrected chi connectivity index (χ0v) is 13.1. The van der Waals surface area contributed by atoms with E-state index in [-0.39, 0.29) is 0 Å². The zero-order chi connectivity index (χ0) is 14.9. The third-order valence-electron chi connectivity index (χ3n) is 2.65. The van der Waals surface area contributed by atoms with Crippen molar-refractivity contribution in [2.45, 2.75) is 45.6 Å². The molecule has 0 aliphatic rings. The lowest BCUT2D eigenvalue weighted by Crippen LogP contribution is -2.23. The minimum absolute atomic E-state index is 0.294. The van der Waals surface area contributed by atoms with Crippen molar-refractivity contribution in [3.8, 4) is 0 Å². The van der Waals surface area contributed by atoms with Crippen molar-refractivity contribution < 1.29 is 24.1 Å². The smallest absolute Gasteiger partial charge is 0.101 e. The van der Waals surface area contributed by atoms with Crippen molar-refractivity contribution in [3.63, 3.8) is 0 Å². The molecule has 0 amide bonds. The van der Waals surface area contributed by atoms with Crippen LogP contribution in [0.25, 0.3) is 0 Å². The van der Waals surface area contributed by atoms with Gasteiger partial charge in [-0.05, 0) is 12.8 Å². The van der Waals surface area contributed by atoms with E-state index >= 15 is 0 Å². The highest BCUT2D eigenvalue weighted by Gasteiger charge is 2.03. The quantitative estimate of drug-likeness (QED) is 0.441. The van der Waals surface area contributed by atoms with E-state index in [1.165, 1.54) is 0 Å². The summed E-state index contributed by atoms with van der Waals surface area (Å²) in [5, 5.41) is 9.56. The predicted molar refractivity (Wildman–Crippen MR) is 79.1 cm³/mol. The largest absolute Gasteiger partial charge is 0.388 e. The van der Waals surface area contributed by atoms with Crippen molar-refractivity contribution in [1.82, 2.24) is 0 Å². The van der Waals surface area contributed by atoms with Gasteiger partial charge in [-0.15, -0.1) is 0 Å². The van der Waals surface area contributed by atoms with Gasteiger partial charge in [0.05, 0.1) is 39.6 Å². The second-order valence-electron chi connectivity index (χ2n) is 4.74. The van der Waals surface area contributed by atoms with Crippen molar-refractivity contribution in [3.05, 3.63) is 0 Å². The Morgan fingerprint density at radius 2 is 1.05 bits per heavy atom. The van der Waals surface area contributed by atoms with Crippen LogP contribution in [0, 0.1) is 0 Å². The van der Waals surface area contributed by atoms with Gasteiger partial charge >= 0.3 is 0 Å². The van der Waals surface area contributed by atoms with E-state index in [4.69, 9.17) is 18.9 Å². The molecule has 0 fully saturated rings. The van der Waals surface area contributed by atoms with E-state index in [9.17, 15) is 5.11 Å². The molecular weight excluding hydrogens is 260 g/mol. The average molecular weight is 292 g/mol. The fraction of sp³-hybridized carbons (Fsp3) is 1.00. The maximum absolute atomic E-state index is 9.56. The molecule has 0 aromatic rings. The van der Waals surface area contributed by atoms with E-state index in [0.29, 0.717) is 46.2 Å². The summed E-state index contributed by atoms with van der Waals surface area (Å²) in [5.74, 6) is 0. The van der Waals surface area contributed by atoms with Crippen LogP contribution in [0.5, 0.6) is 0 Å². The molecular formula is C15H32O5. The first-order chi connectivity index (χ1) is 9.81. The summed E-state index contributed by atoms with van der Waals surface area (Å²) < 4.78 is 21.3. The Labute approximate surface area is 123 Å². The lowest BCUT2D eigenvalue weighted by molar-refractivity contribution is -0.0368. The molecule has 0 aliphatic carbocycles. The minimum Gasteiger partial charge on any atom is -0.388 e. The molecule has 5 nitrogen and oxygen atoms in total. The number of hydrogen-bond donors (Lipinski definition) is 1. The summed E-state index contributed by atoms with van der Waals surface area (Å²) in [6, 6.07) is 0. The fourth-order valence-electron chi connectivity index (χ4n) is 1.42. The summed E-state index contributed by atoms with van der Waals surface area (Å²) in [7, 11) is 0. The van der Waals surface area contributed by atoms with E-state index in [1.807, 2.05) is 0 Å². The second kappa shape index (κ2) is 16.9. The molecule has 0 aliphatic heterocycles. The molecule has 0 rings (SSSR count). The SMILES string of the molecule is CCCCOCCOCCOCC(O)COCCCC. The standard InChI is InChI=1S/C15H32O5/c1-3-5-7-17-9-10-18-11-12-20-14-15(16)13-19-8-6-4-2/h15-16H,3-14H2,1-2H3. The van der Waals surface area contributed by atoms with Crippen molar-refractivity contribution in [1.29, 1.82) is 0 Å². The summed E-state index contributed by atoms with van der Waals surface area (Å²) >= 11 is 0. The van der Waals surface area contributed by atoms with Crippen LogP contribution < -0.4 is 0 Å². The van der Waals surface area contributed by atoms with Gasteiger partial charge in [0.1, 0.15) is 6.10 Å². The van der Waals surface area contributed by atoms with Crippen molar-refractivity contribution >= 4 is 0 Å². The Kier molecular flexibility index (Phi) is 16.7. The highest BCUT2D eigenvalue weighted by molar-refractivity contribution is 4.51. The van der Waals surface area contributed by atoms with Gasteiger partial charge < -0.3 is 24.1 Å². The molecule has 1 unspecified atom stereocenters. The Balaban J connectivity index is 3.07. The molecule has 5 heteroatoms. The van der Waals surface area contributed by atoms with Gasteiger partial charge in [0.15, 0.2) is 0 Å². The number of aliphatic hydroxyl groups excluding tert-OH is 1. The van der Waals surface area contributed by atoms with E-state index < -0.39 is 6.10 Å². The van der Waals surface area contributed by atoms with Gasteiger partial charge in [-0.1, -0.05) is 26.7 Å². The van der Waals surface area contributed by atoms with Gasteiger partial charge in [0.25, 0.3) is 0 Å². The maximum Gasteiger partial charge on any atom is 0.101 e. The molecule has 1 atom stereocenters. The van der Waals surface area contributed by atoms with Crippen molar-refractivity contribution in [2.24, 2.45) is 0 Å². The van der Waals surface area contributed by atoms with Crippen LogP contribution in [0.15, 0.2) is 0 Å². The fourth-order valence-corrected chi connectivity index (χ4v) is 1.42. The topological polar surface area (TPSA) is 57.2 Å². The van der Waals surface area contributed by atoms with Gasteiger partial charge in [-0.3, -0.25) is 0 Å². The molecule has 0 saturated heterocycles. The molecule has 1 N–H and O–H groups in total. The monoisotopic (exact) mass is 292 g/mol. The third kappa shape index (κ3) is 15.9. The first-order valence-electron chi connectivity index (χ1n) is 7.80. The van der Waals surface area contributed by atoms with E-state index in [2.05, 4.69) is 13.8 Å². The highest BCUT2D eigenvalue weighted by Crippen LogP contribution is 1.92. The summed E-state index contributed by atoms with van der Waals surface area (Å²) in [6.45, 7) is 8.63. The first kappa shape index (κ1) is 19.8. The normalized spacial score (nSPS) is 12.8. The van der Waals surface area contributed by atoms with Crippen LogP contribution in [-0.2, 0) is 18.9 Å². The number of aliphatic hydroxyl groups is 1. The summed E-state index contributed by atoms with van der Waals surface area (Å²) in [6.07, 6.45) is 3.83. The third-order valence-corrected chi connectivity index (χ3v) is 2.65. The Hall–Kier alpha value is -0.200. The maximum atomic E-state index is 9.56. The van der Waals surface area contributed by atoms with Crippen LogP contribution in [0.1, 0.15) is 39.5 Å². The van der Waals surface area contributed by atoms with Crippen LogP contribution in [0.2, 0.25) is 0 Å². The molecule has 0 aromatic carbocycles. The lowest BCUT2D eigenvalue weighted by atomic mass is 10.3. The second-order valence-corrected chi connectivity index (χ2v) is 4.74. The lowest BCUT2D eigenvalue weighted by Gasteiger charge is -2.12. The van der Waals surface area contributed by atoms with Crippen LogP contribution in [0.4, 0.5) is 0 Å². The summed E-state index contributed by atoms with van der Waals surface area (Å²) in [5.41, 5.74) is 0. The number of ether oxygens (including phenoxy) is 4. The number of rotatable bonds is 16. The van der Waals surface area contributed by atoms with Crippen LogP contribution in [-0.4, -0.2) is 64.1 Å². The number of unbranched alkanes of at least 4 members (excludes halogenated alkanes) is 2.